The quantitative estimate of drug-likeness (QED) is 0.752. The van der Waals surface area contributed by atoms with E-state index in [2.05, 4.69) is 56.1 Å². The van der Waals surface area contributed by atoms with Gasteiger partial charge >= 0.3 is 0 Å². The molecule has 3 rings (SSSR count). The van der Waals surface area contributed by atoms with E-state index in [0.29, 0.717) is 5.41 Å². The second-order valence-corrected chi connectivity index (χ2v) is 7.35. The molecule has 0 unspecified atom stereocenters. The molecule has 0 aromatic heterocycles. The molecule has 1 aliphatic carbocycles. The summed E-state index contributed by atoms with van der Waals surface area (Å²) in [4.78, 5) is 5.23. The molecule has 3 heteroatoms. The van der Waals surface area contributed by atoms with E-state index in [1.54, 1.807) is 0 Å². The Labute approximate surface area is 137 Å². The van der Waals surface area contributed by atoms with Crippen molar-refractivity contribution < 1.29 is 0 Å². The molecule has 116 valence electrons. The summed E-state index contributed by atoms with van der Waals surface area (Å²) in [5, 5.41) is 1.18. The predicted octanol–water partition coefficient (Wildman–Crippen LogP) is 4.15. The van der Waals surface area contributed by atoms with Gasteiger partial charge in [-0.3, -0.25) is 4.90 Å². The van der Waals surface area contributed by atoms with Crippen LogP contribution >= 0.6 is 15.9 Å². The van der Waals surface area contributed by atoms with Crippen LogP contribution in [-0.4, -0.2) is 43.0 Å². The Morgan fingerprint density at radius 3 is 2.19 bits per heavy atom. The van der Waals surface area contributed by atoms with Crippen molar-refractivity contribution in [2.24, 2.45) is 5.41 Å². The molecule has 1 heterocycles. The van der Waals surface area contributed by atoms with Crippen molar-refractivity contribution in [1.29, 1.82) is 0 Å². The Morgan fingerprint density at radius 2 is 1.57 bits per heavy atom. The molecule has 1 saturated carbocycles. The Balaban J connectivity index is 1.53. The molecule has 2 aliphatic rings. The monoisotopic (exact) mass is 350 g/mol. The van der Waals surface area contributed by atoms with Crippen LogP contribution in [0.15, 0.2) is 30.3 Å². The third-order valence-electron chi connectivity index (χ3n) is 5.25. The maximum atomic E-state index is 3.81. The van der Waals surface area contributed by atoms with Crippen molar-refractivity contribution in [3.63, 3.8) is 0 Å². The zero-order chi connectivity index (χ0) is 14.5. The normalized spacial score (nSPS) is 23.2. The molecular weight excluding hydrogens is 324 g/mol. The van der Waals surface area contributed by atoms with Crippen LogP contribution in [0.25, 0.3) is 0 Å². The molecular formula is C18H27BrN2. The lowest BCUT2D eigenvalue weighted by Gasteiger charge is -2.43. The fourth-order valence-corrected chi connectivity index (χ4v) is 4.65. The standard InChI is InChI=1S/C18H27BrN2/c19-15-18(9-5-2-6-10-18)16-20-11-13-21(14-12-20)17-7-3-1-4-8-17/h1,3-4,7-8H,2,5-6,9-16H2. The summed E-state index contributed by atoms with van der Waals surface area (Å²) in [6.07, 6.45) is 7.12. The fraction of sp³-hybridized carbons (Fsp3) is 0.667. The number of anilines is 1. The van der Waals surface area contributed by atoms with E-state index in [1.807, 2.05) is 0 Å². The number of hydrogen-bond donors (Lipinski definition) is 0. The van der Waals surface area contributed by atoms with Crippen molar-refractivity contribution >= 4 is 21.6 Å². The van der Waals surface area contributed by atoms with Gasteiger partial charge in [-0.1, -0.05) is 53.4 Å². The van der Waals surface area contributed by atoms with Gasteiger partial charge in [0.05, 0.1) is 0 Å². The molecule has 2 fully saturated rings. The van der Waals surface area contributed by atoms with E-state index >= 15 is 0 Å². The minimum Gasteiger partial charge on any atom is -0.369 e. The van der Waals surface area contributed by atoms with E-state index in [0.717, 1.165) is 0 Å². The Kier molecular flexibility index (Phi) is 5.23. The van der Waals surface area contributed by atoms with E-state index in [9.17, 15) is 0 Å². The number of hydrogen-bond acceptors (Lipinski definition) is 2. The van der Waals surface area contributed by atoms with E-state index < -0.39 is 0 Å². The summed E-state index contributed by atoms with van der Waals surface area (Å²) in [6.45, 7) is 6.05. The van der Waals surface area contributed by atoms with Crippen LogP contribution in [0, 0.1) is 5.41 Å². The first-order valence-electron chi connectivity index (χ1n) is 8.40. The van der Waals surface area contributed by atoms with E-state index in [1.165, 1.54) is 75.8 Å². The summed E-state index contributed by atoms with van der Waals surface area (Å²) < 4.78 is 0. The lowest BCUT2D eigenvalue weighted by Crippen LogP contribution is -2.50. The number of alkyl halides is 1. The van der Waals surface area contributed by atoms with E-state index in [-0.39, 0.29) is 0 Å². The zero-order valence-electron chi connectivity index (χ0n) is 12.9. The van der Waals surface area contributed by atoms with Gasteiger partial charge in [0.25, 0.3) is 0 Å². The van der Waals surface area contributed by atoms with Gasteiger partial charge in [0.15, 0.2) is 0 Å². The molecule has 0 amide bonds. The average Bonchev–Trinajstić information content (AvgIpc) is 2.57. The highest BCUT2D eigenvalue weighted by Gasteiger charge is 2.33. The number of rotatable bonds is 4. The van der Waals surface area contributed by atoms with Gasteiger partial charge in [-0.25, -0.2) is 0 Å². The van der Waals surface area contributed by atoms with Crippen molar-refractivity contribution in [2.75, 3.05) is 43.0 Å². The van der Waals surface area contributed by atoms with Gasteiger partial charge in [0, 0.05) is 43.7 Å². The van der Waals surface area contributed by atoms with Crippen molar-refractivity contribution in [2.45, 2.75) is 32.1 Å². The minimum absolute atomic E-state index is 0.549. The first-order valence-corrected chi connectivity index (χ1v) is 9.52. The second-order valence-electron chi connectivity index (χ2n) is 6.79. The first-order chi connectivity index (χ1) is 10.3. The third kappa shape index (κ3) is 3.81. The zero-order valence-corrected chi connectivity index (χ0v) is 14.5. The number of piperazine rings is 1. The number of benzene rings is 1. The van der Waals surface area contributed by atoms with Crippen molar-refractivity contribution in [1.82, 2.24) is 4.90 Å². The van der Waals surface area contributed by atoms with Gasteiger partial charge in [-0.15, -0.1) is 0 Å². The van der Waals surface area contributed by atoms with Gasteiger partial charge < -0.3 is 4.90 Å². The summed E-state index contributed by atoms with van der Waals surface area (Å²) in [5.74, 6) is 0. The largest absolute Gasteiger partial charge is 0.369 e. The Bertz CT molecular complexity index is 420. The number of halogens is 1. The molecule has 0 atom stereocenters. The molecule has 1 aromatic rings. The molecule has 0 spiro atoms. The summed E-state index contributed by atoms with van der Waals surface area (Å²) in [7, 11) is 0. The maximum Gasteiger partial charge on any atom is 0.0367 e. The molecule has 1 aromatic carbocycles. The highest BCUT2D eigenvalue weighted by Crippen LogP contribution is 2.38. The van der Waals surface area contributed by atoms with Gasteiger partial charge in [-0.2, -0.15) is 0 Å². The van der Waals surface area contributed by atoms with Crippen LogP contribution in [0.5, 0.6) is 0 Å². The van der Waals surface area contributed by atoms with Crippen LogP contribution < -0.4 is 4.90 Å². The summed E-state index contributed by atoms with van der Waals surface area (Å²) in [6, 6.07) is 10.9. The maximum absolute atomic E-state index is 3.81. The highest BCUT2D eigenvalue weighted by atomic mass is 79.9. The predicted molar refractivity (Wildman–Crippen MR) is 94.4 cm³/mol. The SMILES string of the molecule is BrCC1(CN2CCN(c3ccccc3)CC2)CCCCC1. The molecule has 1 saturated heterocycles. The highest BCUT2D eigenvalue weighted by molar-refractivity contribution is 9.09. The number of para-hydroxylation sites is 1. The van der Waals surface area contributed by atoms with Crippen LogP contribution in [0.4, 0.5) is 5.69 Å². The van der Waals surface area contributed by atoms with Gasteiger partial charge in [0.2, 0.25) is 0 Å². The third-order valence-corrected chi connectivity index (χ3v) is 6.44. The van der Waals surface area contributed by atoms with Crippen LogP contribution in [0.1, 0.15) is 32.1 Å². The Morgan fingerprint density at radius 1 is 0.905 bits per heavy atom. The molecule has 2 nitrogen and oxygen atoms in total. The lowest BCUT2D eigenvalue weighted by atomic mass is 9.75. The van der Waals surface area contributed by atoms with Crippen LogP contribution in [0.2, 0.25) is 0 Å². The summed E-state index contributed by atoms with van der Waals surface area (Å²) in [5.41, 5.74) is 1.93. The molecule has 0 bridgehead atoms. The topological polar surface area (TPSA) is 6.48 Å². The fourth-order valence-electron chi connectivity index (χ4n) is 3.91. The average molecular weight is 351 g/mol. The molecule has 1 aliphatic heterocycles. The summed E-state index contributed by atoms with van der Waals surface area (Å²) >= 11 is 3.81. The van der Waals surface area contributed by atoms with Crippen LogP contribution in [0.3, 0.4) is 0 Å². The van der Waals surface area contributed by atoms with Gasteiger partial charge in [-0.05, 0) is 30.4 Å². The Hall–Kier alpha value is -0.540. The van der Waals surface area contributed by atoms with Gasteiger partial charge in [0.1, 0.15) is 0 Å². The molecule has 21 heavy (non-hydrogen) atoms. The van der Waals surface area contributed by atoms with Crippen molar-refractivity contribution in [3.05, 3.63) is 30.3 Å². The minimum atomic E-state index is 0.549. The lowest BCUT2D eigenvalue weighted by molar-refractivity contribution is 0.122. The molecule has 0 radical (unpaired) electrons. The molecule has 0 N–H and O–H groups in total. The second kappa shape index (κ2) is 7.15. The van der Waals surface area contributed by atoms with E-state index in [4.69, 9.17) is 0 Å². The smallest absolute Gasteiger partial charge is 0.0367 e. The number of nitrogens with zero attached hydrogens (tertiary/aromatic N) is 2. The van der Waals surface area contributed by atoms with Crippen LogP contribution in [-0.2, 0) is 0 Å². The first kappa shape index (κ1) is 15.4. The van der Waals surface area contributed by atoms with Crippen molar-refractivity contribution in [3.8, 4) is 0 Å².